The molecule has 3 atom stereocenters. The van der Waals surface area contributed by atoms with Gasteiger partial charge in [-0.25, -0.2) is 4.79 Å². The Kier molecular flexibility index (Phi) is 8.62. The van der Waals surface area contributed by atoms with Crippen molar-refractivity contribution >= 4 is 23.7 Å². The van der Waals surface area contributed by atoms with E-state index in [0.29, 0.717) is 25.8 Å². The number of amides is 2. The highest BCUT2D eigenvalue weighted by atomic mass is 16.4. The highest BCUT2D eigenvalue weighted by Gasteiger charge is 2.37. The van der Waals surface area contributed by atoms with Gasteiger partial charge in [-0.2, -0.15) is 0 Å². The van der Waals surface area contributed by atoms with Gasteiger partial charge in [-0.3, -0.25) is 14.6 Å². The van der Waals surface area contributed by atoms with Crippen molar-refractivity contribution in [2.75, 3.05) is 13.1 Å². The number of benzene rings is 1. The van der Waals surface area contributed by atoms with Gasteiger partial charge >= 0.3 is 5.97 Å². The second kappa shape index (κ2) is 11.2. The summed E-state index contributed by atoms with van der Waals surface area (Å²) in [5.74, 6) is -2.03. The second-order valence-electron chi connectivity index (χ2n) is 7.51. The van der Waals surface area contributed by atoms with E-state index in [-0.39, 0.29) is 31.1 Å². The first-order valence-corrected chi connectivity index (χ1v) is 10.1. The van der Waals surface area contributed by atoms with Crippen molar-refractivity contribution in [1.29, 1.82) is 0 Å². The van der Waals surface area contributed by atoms with Gasteiger partial charge in [-0.1, -0.05) is 12.1 Å². The summed E-state index contributed by atoms with van der Waals surface area (Å²) in [5, 5.41) is 21.4. The number of likely N-dealkylation sites (tertiary alicyclic amines) is 1. The fourth-order valence-corrected chi connectivity index (χ4v) is 3.51. The lowest BCUT2D eigenvalue weighted by molar-refractivity contribution is -0.149. The number of carboxylic acid groups (broad SMARTS) is 1. The Balaban J connectivity index is 2.06. The van der Waals surface area contributed by atoms with E-state index in [9.17, 15) is 24.6 Å². The summed E-state index contributed by atoms with van der Waals surface area (Å²) in [6.07, 6.45) is 1.81. The van der Waals surface area contributed by atoms with Crippen LogP contribution in [0.1, 0.15) is 31.2 Å². The van der Waals surface area contributed by atoms with E-state index < -0.39 is 35.9 Å². The first kappa shape index (κ1) is 23.9. The Labute approximate surface area is 180 Å². The minimum atomic E-state index is -1.07. The van der Waals surface area contributed by atoms with Gasteiger partial charge in [0.1, 0.15) is 17.8 Å². The molecule has 9 N–H and O–H groups in total. The number of nitrogens with one attached hydrogen (secondary N) is 1. The molecule has 0 saturated carbocycles. The molecule has 0 spiro atoms. The number of carbonyl (C=O) groups is 3. The molecule has 2 amide bonds. The van der Waals surface area contributed by atoms with Gasteiger partial charge in [0, 0.05) is 13.1 Å². The van der Waals surface area contributed by atoms with Crippen molar-refractivity contribution in [2.24, 2.45) is 22.2 Å². The standard InChI is InChI=1S/C20H30N6O5/c21-14(11-12-5-7-13(27)8-6-12)17(28)25-15(3-1-9-24-20(22)23)18(29)26-10-2-4-16(26)19(30)31/h5-8,14-16,27H,1-4,9-11,21H2,(H,25,28)(H,30,31)(H4,22,23,24)/t14-,15-,16+/m0/s1. The Bertz CT molecular complexity index is 809. The number of guanidine groups is 1. The summed E-state index contributed by atoms with van der Waals surface area (Å²) in [5.41, 5.74) is 17.4. The molecule has 0 radical (unpaired) electrons. The molecule has 2 rings (SSSR count). The monoisotopic (exact) mass is 434 g/mol. The topological polar surface area (TPSA) is 197 Å². The molecule has 1 aromatic rings. The summed E-state index contributed by atoms with van der Waals surface area (Å²) in [6.45, 7) is 0.583. The highest BCUT2D eigenvalue weighted by Crippen LogP contribution is 2.20. The molecule has 1 aliphatic heterocycles. The van der Waals surface area contributed by atoms with E-state index in [1.54, 1.807) is 12.1 Å². The van der Waals surface area contributed by atoms with E-state index in [0.717, 1.165) is 5.56 Å². The van der Waals surface area contributed by atoms with Crippen LogP contribution in [0.25, 0.3) is 0 Å². The Hall–Kier alpha value is -3.34. The van der Waals surface area contributed by atoms with Crippen LogP contribution in [-0.2, 0) is 20.8 Å². The second-order valence-corrected chi connectivity index (χ2v) is 7.51. The fraction of sp³-hybridized carbons (Fsp3) is 0.500. The molecule has 11 heteroatoms. The normalized spacial score (nSPS) is 17.6. The minimum Gasteiger partial charge on any atom is -0.508 e. The van der Waals surface area contributed by atoms with Gasteiger partial charge in [-0.05, 0) is 49.8 Å². The van der Waals surface area contributed by atoms with Crippen molar-refractivity contribution in [3.8, 4) is 5.75 Å². The van der Waals surface area contributed by atoms with Crippen LogP contribution in [0.5, 0.6) is 5.75 Å². The number of aliphatic carboxylic acids is 1. The fourth-order valence-electron chi connectivity index (χ4n) is 3.51. The van der Waals surface area contributed by atoms with Crippen LogP contribution >= 0.6 is 0 Å². The Morgan fingerprint density at radius 3 is 2.52 bits per heavy atom. The molecule has 11 nitrogen and oxygen atoms in total. The molecule has 1 aliphatic rings. The van der Waals surface area contributed by atoms with Crippen LogP contribution in [0.2, 0.25) is 0 Å². The van der Waals surface area contributed by atoms with Crippen LogP contribution < -0.4 is 22.5 Å². The summed E-state index contributed by atoms with van der Waals surface area (Å²) in [6, 6.07) is 3.53. The van der Waals surface area contributed by atoms with Gasteiger partial charge < -0.3 is 37.6 Å². The van der Waals surface area contributed by atoms with E-state index in [2.05, 4.69) is 10.3 Å². The van der Waals surface area contributed by atoms with Crippen LogP contribution in [0, 0.1) is 0 Å². The molecule has 31 heavy (non-hydrogen) atoms. The molecular weight excluding hydrogens is 404 g/mol. The van der Waals surface area contributed by atoms with Gasteiger partial charge in [0.25, 0.3) is 0 Å². The number of aromatic hydroxyl groups is 1. The molecule has 0 aromatic heterocycles. The van der Waals surface area contributed by atoms with E-state index in [4.69, 9.17) is 17.2 Å². The van der Waals surface area contributed by atoms with Gasteiger partial charge in [0.15, 0.2) is 5.96 Å². The quantitative estimate of drug-likeness (QED) is 0.151. The average molecular weight is 434 g/mol. The third-order valence-electron chi connectivity index (χ3n) is 5.11. The van der Waals surface area contributed by atoms with Gasteiger partial charge in [-0.15, -0.1) is 0 Å². The molecule has 1 saturated heterocycles. The largest absolute Gasteiger partial charge is 0.508 e. The third-order valence-corrected chi connectivity index (χ3v) is 5.11. The van der Waals surface area contributed by atoms with Crippen molar-refractivity contribution in [1.82, 2.24) is 10.2 Å². The van der Waals surface area contributed by atoms with E-state index in [1.807, 2.05) is 0 Å². The lowest BCUT2D eigenvalue weighted by Crippen LogP contribution is -2.54. The van der Waals surface area contributed by atoms with Crippen molar-refractivity contribution < 1.29 is 24.6 Å². The van der Waals surface area contributed by atoms with Crippen molar-refractivity contribution in [3.05, 3.63) is 29.8 Å². The number of nitrogens with zero attached hydrogens (tertiary/aromatic N) is 2. The maximum atomic E-state index is 13.0. The highest BCUT2D eigenvalue weighted by molar-refractivity contribution is 5.92. The molecule has 170 valence electrons. The smallest absolute Gasteiger partial charge is 0.326 e. The zero-order chi connectivity index (χ0) is 23.0. The molecular formula is C20H30N6O5. The van der Waals surface area contributed by atoms with Crippen LogP contribution in [0.15, 0.2) is 29.3 Å². The molecule has 0 bridgehead atoms. The first-order chi connectivity index (χ1) is 14.7. The maximum Gasteiger partial charge on any atom is 0.326 e. The van der Waals surface area contributed by atoms with Gasteiger partial charge in [0.2, 0.25) is 11.8 Å². The molecule has 1 fully saturated rings. The minimum absolute atomic E-state index is 0.0756. The Morgan fingerprint density at radius 1 is 1.23 bits per heavy atom. The molecule has 0 unspecified atom stereocenters. The van der Waals surface area contributed by atoms with Crippen LogP contribution in [0.4, 0.5) is 0 Å². The van der Waals surface area contributed by atoms with Crippen LogP contribution in [0.3, 0.4) is 0 Å². The third kappa shape index (κ3) is 7.14. The molecule has 1 heterocycles. The number of phenols is 1. The zero-order valence-electron chi connectivity index (χ0n) is 17.2. The lowest BCUT2D eigenvalue weighted by atomic mass is 10.0. The summed E-state index contributed by atoms with van der Waals surface area (Å²) < 4.78 is 0. The number of hydrogen-bond acceptors (Lipinski definition) is 6. The lowest BCUT2D eigenvalue weighted by Gasteiger charge is -2.28. The predicted octanol–water partition coefficient (Wildman–Crippen LogP) is -1.12. The first-order valence-electron chi connectivity index (χ1n) is 10.1. The summed E-state index contributed by atoms with van der Waals surface area (Å²) in [7, 11) is 0. The number of aliphatic imine (C=N–C) groups is 1. The average Bonchev–Trinajstić information content (AvgIpc) is 3.21. The predicted molar refractivity (Wildman–Crippen MR) is 114 cm³/mol. The number of carbonyl (C=O) groups excluding carboxylic acids is 2. The summed E-state index contributed by atoms with van der Waals surface area (Å²) >= 11 is 0. The van der Waals surface area contributed by atoms with Crippen molar-refractivity contribution in [2.45, 2.75) is 50.2 Å². The Morgan fingerprint density at radius 2 is 1.90 bits per heavy atom. The SMILES string of the molecule is NC(N)=NCCC[C@H](NC(=O)[C@@H](N)Cc1ccc(O)cc1)C(=O)N1CCC[C@@H]1C(=O)O. The summed E-state index contributed by atoms with van der Waals surface area (Å²) in [4.78, 5) is 42.3. The van der Waals surface area contributed by atoms with E-state index >= 15 is 0 Å². The van der Waals surface area contributed by atoms with Gasteiger partial charge in [0.05, 0.1) is 6.04 Å². The number of phenolic OH excluding ortho intramolecular Hbond substituents is 1. The number of carboxylic acids is 1. The number of hydrogen-bond donors (Lipinski definition) is 6. The molecule has 0 aliphatic carbocycles. The number of nitrogens with two attached hydrogens (primary N) is 3. The maximum absolute atomic E-state index is 13.0. The molecule has 1 aromatic carbocycles. The van der Waals surface area contributed by atoms with E-state index in [1.165, 1.54) is 17.0 Å². The zero-order valence-corrected chi connectivity index (χ0v) is 17.2. The number of rotatable bonds is 10. The van der Waals surface area contributed by atoms with Crippen molar-refractivity contribution in [3.63, 3.8) is 0 Å². The van der Waals surface area contributed by atoms with Crippen LogP contribution in [-0.4, -0.2) is 70.1 Å².